The Morgan fingerprint density at radius 2 is 1.82 bits per heavy atom. The molecular formula is C10H10Cl2F2N2O. The van der Waals surface area contributed by atoms with Gasteiger partial charge in [0.15, 0.2) is 0 Å². The SMILES string of the molecule is NCC(F)(F)CNC(=O)c1cc(Cl)cc(Cl)c1. The number of alkyl halides is 2. The van der Waals surface area contributed by atoms with E-state index in [9.17, 15) is 13.6 Å². The standard InChI is InChI=1S/C10H10Cl2F2N2O/c11-7-1-6(2-8(12)3-7)9(17)16-5-10(13,14)4-15/h1-3H,4-5,15H2,(H,16,17). The lowest BCUT2D eigenvalue weighted by atomic mass is 10.2. The van der Waals surface area contributed by atoms with Gasteiger partial charge in [-0.2, -0.15) is 0 Å². The normalized spacial score (nSPS) is 11.4. The van der Waals surface area contributed by atoms with Gasteiger partial charge in [0.25, 0.3) is 11.8 Å². The van der Waals surface area contributed by atoms with Crippen LogP contribution in [0.3, 0.4) is 0 Å². The maximum Gasteiger partial charge on any atom is 0.277 e. The van der Waals surface area contributed by atoms with Gasteiger partial charge >= 0.3 is 0 Å². The van der Waals surface area contributed by atoms with Crippen LogP contribution in [0.25, 0.3) is 0 Å². The lowest BCUT2D eigenvalue weighted by Gasteiger charge is -2.14. The van der Waals surface area contributed by atoms with E-state index < -0.39 is 24.9 Å². The van der Waals surface area contributed by atoms with Crippen LogP contribution < -0.4 is 11.1 Å². The maximum absolute atomic E-state index is 12.8. The third-order valence-corrected chi connectivity index (χ3v) is 2.37. The monoisotopic (exact) mass is 282 g/mol. The summed E-state index contributed by atoms with van der Waals surface area (Å²) in [5.41, 5.74) is 4.96. The molecule has 1 amide bonds. The van der Waals surface area contributed by atoms with Crippen molar-refractivity contribution >= 4 is 29.1 Å². The second kappa shape index (κ2) is 5.62. The van der Waals surface area contributed by atoms with E-state index >= 15 is 0 Å². The summed E-state index contributed by atoms with van der Waals surface area (Å²) in [5, 5.41) is 2.57. The van der Waals surface area contributed by atoms with Crippen LogP contribution in [0.5, 0.6) is 0 Å². The van der Waals surface area contributed by atoms with Gasteiger partial charge in [0.1, 0.15) is 0 Å². The first-order valence-corrected chi connectivity index (χ1v) is 5.42. The minimum atomic E-state index is -3.13. The van der Waals surface area contributed by atoms with Crippen molar-refractivity contribution in [3.63, 3.8) is 0 Å². The zero-order valence-corrected chi connectivity index (χ0v) is 10.2. The first-order chi connectivity index (χ1) is 7.84. The average Bonchev–Trinajstić information content (AvgIpc) is 2.24. The summed E-state index contributed by atoms with van der Waals surface area (Å²) in [5.74, 6) is -3.81. The van der Waals surface area contributed by atoms with Crippen molar-refractivity contribution in [2.45, 2.75) is 5.92 Å². The Morgan fingerprint density at radius 3 is 2.29 bits per heavy atom. The molecule has 0 fully saturated rings. The van der Waals surface area contributed by atoms with E-state index in [1.807, 2.05) is 0 Å². The molecule has 94 valence electrons. The lowest BCUT2D eigenvalue weighted by Crippen LogP contribution is -2.41. The van der Waals surface area contributed by atoms with Crippen LogP contribution >= 0.6 is 23.2 Å². The fourth-order valence-corrected chi connectivity index (χ4v) is 1.59. The molecule has 0 aliphatic carbocycles. The fraction of sp³-hybridized carbons (Fsp3) is 0.300. The van der Waals surface area contributed by atoms with E-state index in [1.54, 1.807) is 0 Å². The molecule has 0 saturated carbocycles. The molecule has 0 aliphatic heterocycles. The highest BCUT2D eigenvalue weighted by atomic mass is 35.5. The first-order valence-electron chi connectivity index (χ1n) is 4.66. The number of halogens is 4. The molecular weight excluding hydrogens is 273 g/mol. The predicted octanol–water partition coefficient (Wildman–Crippen LogP) is 2.32. The van der Waals surface area contributed by atoms with Crippen molar-refractivity contribution < 1.29 is 13.6 Å². The van der Waals surface area contributed by atoms with Crippen LogP contribution in [0.4, 0.5) is 8.78 Å². The van der Waals surface area contributed by atoms with Gasteiger partial charge in [-0.15, -0.1) is 0 Å². The van der Waals surface area contributed by atoms with Crippen molar-refractivity contribution in [2.75, 3.05) is 13.1 Å². The van der Waals surface area contributed by atoms with Gasteiger partial charge < -0.3 is 11.1 Å². The summed E-state index contributed by atoms with van der Waals surface area (Å²) < 4.78 is 25.6. The molecule has 3 nitrogen and oxygen atoms in total. The van der Waals surface area contributed by atoms with E-state index in [2.05, 4.69) is 5.32 Å². The van der Waals surface area contributed by atoms with E-state index in [-0.39, 0.29) is 15.6 Å². The molecule has 0 unspecified atom stereocenters. The van der Waals surface area contributed by atoms with Gasteiger partial charge in [-0.3, -0.25) is 4.79 Å². The fourth-order valence-electron chi connectivity index (χ4n) is 1.07. The average molecular weight is 283 g/mol. The third-order valence-electron chi connectivity index (χ3n) is 1.93. The molecule has 3 N–H and O–H groups in total. The summed E-state index contributed by atoms with van der Waals surface area (Å²) >= 11 is 11.4. The zero-order chi connectivity index (χ0) is 13.1. The topological polar surface area (TPSA) is 55.1 Å². The molecule has 0 atom stereocenters. The Bertz CT molecular complexity index is 407. The van der Waals surface area contributed by atoms with Crippen molar-refractivity contribution in [3.05, 3.63) is 33.8 Å². The number of carbonyl (C=O) groups excluding carboxylic acids is 1. The summed E-state index contributed by atoms with van der Waals surface area (Å²) in [7, 11) is 0. The number of nitrogens with two attached hydrogens (primary N) is 1. The second-order valence-corrected chi connectivity index (χ2v) is 4.27. The van der Waals surface area contributed by atoms with Crippen molar-refractivity contribution in [1.29, 1.82) is 0 Å². The summed E-state index contributed by atoms with van der Waals surface area (Å²) in [6.07, 6.45) is 0. The molecule has 1 rings (SSSR count). The Morgan fingerprint density at radius 1 is 1.29 bits per heavy atom. The number of hydrogen-bond acceptors (Lipinski definition) is 2. The lowest BCUT2D eigenvalue weighted by molar-refractivity contribution is 0.0118. The number of amides is 1. The number of carbonyl (C=O) groups is 1. The smallest absolute Gasteiger partial charge is 0.277 e. The summed E-state index contributed by atoms with van der Waals surface area (Å²) in [4.78, 5) is 11.5. The number of nitrogens with one attached hydrogen (secondary N) is 1. The predicted molar refractivity (Wildman–Crippen MR) is 62.8 cm³/mol. The Hall–Kier alpha value is -0.910. The quantitative estimate of drug-likeness (QED) is 0.891. The highest BCUT2D eigenvalue weighted by Gasteiger charge is 2.27. The van der Waals surface area contributed by atoms with Crippen molar-refractivity contribution in [3.8, 4) is 0 Å². The van der Waals surface area contributed by atoms with Crippen LogP contribution in [0.15, 0.2) is 18.2 Å². The highest BCUT2D eigenvalue weighted by Crippen LogP contribution is 2.19. The van der Waals surface area contributed by atoms with Crippen molar-refractivity contribution in [2.24, 2.45) is 5.73 Å². The van der Waals surface area contributed by atoms with Crippen molar-refractivity contribution in [1.82, 2.24) is 5.32 Å². The van der Waals surface area contributed by atoms with Crippen LogP contribution in [-0.2, 0) is 0 Å². The summed E-state index contributed by atoms with van der Waals surface area (Å²) in [6, 6.07) is 4.11. The van der Waals surface area contributed by atoms with Gasteiger partial charge in [0.05, 0.1) is 13.1 Å². The largest absolute Gasteiger partial charge is 0.346 e. The minimum absolute atomic E-state index is 0.121. The molecule has 0 aliphatic rings. The van der Waals surface area contributed by atoms with Gasteiger partial charge in [-0.25, -0.2) is 8.78 Å². The van der Waals surface area contributed by atoms with Gasteiger partial charge in [0.2, 0.25) is 0 Å². The van der Waals surface area contributed by atoms with E-state index in [0.717, 1.165) is 0 Å². The van der Waals surface area contributed by atoms with Crippen LogP contribution in [0.2, 0.25) is 10.0 Å². The molecule has 17 heavy (non-hydrogen) atoms. The Kier molecular flexibility index (Phi) is 4.68. The second-order valence-electron chi connectivity index (χ2n) is 3.40. The number of benzene rings is 1. The molecule has 0 bridgehead atoms. The van der Waals surface area contributed by atoms with Gasteiger partial charge in [-0.1, -0.05) is 23.2 Å². The molecule has 0 saturated heterocycles. The number of hydrogen-bond donors (Lipinski definition) is 2. The molecule has 1 aromatic rings. The van der Waals surface area contributed by atoms with Gasteiger partial charge in [0, 0.05) is 15.6 Å². The number of rotatable bonds is 4. The van der Waals surface area contributed by atoms with E-state index in [4.69, 9.17) is 28.9 Å². The van der Waals surface area contributed by atoms with E-state index in [1.165, 1.54) is 18.2 Å². The molecule has 0 radical (unpaired) electrons. The van der Waals surface area contributed by atoms with Gasteiger partial charge in [-0.05, 0) is 18.2 Å². The minimum Gasteiger partial charge on any atom is -0.346 e. The highest BCUT2D eigenvalue weighted by molar-refractivity contribution is 6.35. The maximum atomic E-state index is 12.8. The Labute approximate surface area is 107 Å². The molecule has 0 aromatic heterocycles. The third kappa shape index (κ3) is 4.46. The van der Waals surface area contributed by atoms with E-state index in [0.29, 0.717) is 0 Å². The summed E-state index contributed by atoms with van der Waals surface area (Å²) in [6.45, 7) is -1.66. The molecule has 0 spiro atoms. The van der Waals surface area contributed by atoms with Crippen LogP contribution in [0.1, 0.15) is 10.4 Å². The zero-order valence-electron chi connectivity index (χ0n) is 8.64. The van der Waals surface area contributed by atoms with Crippen LogP contribution in [-0.4, -0.2) is 24.9 Å². The molecule has 1 aromatic carbocycles. The van der Waals surface area contributed by atoms with Crippen LogP contribution in [0, 0.1) is 0 Å². The first kappa shape index (κ1) is 14.2. The molecule has 7 heteroatoms. The molecule has 0 heterocycles. The Balaban J connectivity index is 2.70.